The predicted molar refractivity (Wildman–Crippen MR) is 66.7 cm³/mol. The third kappa shape index (κ3) is 2.70. The summed E-state index contributed by atoms with van der Waals surface area (Å²) in [6.07, 6.45) is 2.44. The number of rotatable bonds is 5. The Labute approximate surface area is 106 Å². The zero-order valence-electron chi connectivity index (χ0n) is 10.0. The predicted octanol–water partition coefficient (Wildman–Crippen LogP) is 0.852. The van der Waals surface area contributed by atoms with Gasteiger partial charge in [0.25, 0.3) is 0 Å². The molecule has 0 heterocycles. The van der Waals surface area contributed by atoms with E-state index in [2.05, 4.69) is 4.72 Å². The molecular weight excluding hydrogens is 254 g/mol. The molecule has 2 rings (SSSR count). The molecule has 1 saturated carbocycles. The van der Waals surface area contributed by atoms with Crippen LogP contribution in [0.1, 0.15) is 24.0 Å². The van der Waals surface area contributed by atoms with Crippen LogP contribution in [-0.2, 0) is 26.8 Å². The molecule has 6 heteroatoms. The van der Waals surface area contributed by atoms with Crippen LogP contribution < -0.4 is 4.72 Å². The van der Waals surface area contributed by atoms with Crippen molar-refractivity contribution in [3.05, 3.63) is 35.4 Å². The highest BCUT2D eigenvalue weighted by molar-refractivity contribution is 7.88. The third-order valence-corrected chi connectivity index (χ3v) is 3.87. The Morgan fingerprint density at radius 2 is 1.89 bits per heavy atom. The van der Waals surface area contributed by atoms with E-state index < -0.39 is 21.4 Å². The van der Waals surface area contributed by atoms with Gasteiger partial charge in [-0.05, 0) is 24.0 Å². The standard InChI is InChI=1S/C12H15NO4S/c1-18(16,17)13-8-9-2-4-10(5-3-9)12(6-7-12)11(14)15/h2-5,13H,6-8H2,1H3,(H,14,15). The van der Waals surface area contributed by atoms with Crippen molar-refractivity contribution in [3.63, 3.8) is 0 Å². The second-order valence-corrected chi connectivity index (χ2v) is 6.51. The summed E-state index contributed by atoms with van der Waals surface area (Å²) in [6, 6.07) is 7.05. The van der Waals surface area contributed by atoms with Crippen LogP contribution in [-0.4, -0.2) is 25.7 Å². The second-order valence-electron chi connectivity index (χ2n) is 4.68. The van der Waals surface area contributed by atoms with E-state index in [1.165, 1.54) is 0 Å². The van der Waals surface area contributed by atoms with Crippen molar-refractivity contribution in [3.8, 4) is 0 Å². The Hall–Kier alpha value is -1.40. The molecule has 0 bridgehead atoms. The quantitative estimate of drug-likeness (QED) is 0.830. The molecule has 1 fully saturated rings. The number of carboxylic acid groups (broad SMARTS) is 1. The monoisotopic (exact) mass is 269 g/mol. The lowest BCUT2D eigenvalue weighted by atomic mass is 9.95. The lowest BCUT2D eigenvalue weighted by molar-refractivity contribution is -0.140. The molecule has 0 aromatic heterocycles. The zero-order chi connectivity index (χ0) is 13.4. The zero-order valence-corrected chi connectivity index (χ0v) is 10.8. The van der Waals surface area contributed by atoms with Crippen molar-refractivity contribution in [1.29, 1.82) is 0 Å². The van der Waals surface area contributed by atoms with Crippen LogP contribution in [0.25, 0.3) is 0 Å². The van der Waals surface area contributed by atoms with E-state index >= 15 is 0 Å². The van der Waals surface area contributed by atoms with Crippen LogP contribution in [0.4, 0.5) is 0 Å². The Bertz CT molecular complexity index is 558. The summed E-state index contributed by atoms with van der Waals surface area (Å²) >= 11 is 0. The number of benzene rings is 1. The van der Waals surface area contributed by atoms with Gasteiger partial charge in [-0.15, -0.1) is 0 Å². The van der Waals surface area contributed by atoms with E-state index in [1.807, 2.05) is 0 Å². The highest BCUT2D eigenvalue weighted by atomic mass is 32.2. The van der Waals surface area contributed by atoms with Crippen LogP contribution in [0, 0.1) is 0 Å². The number of hydrogen-bond acceptors (Lipinski definition) is 3. The SMILES string of the molecule is CS(=O)(=O)NCc1ccc(C2(C(=O)O)CC2)cc1. The molecule has 0 spiro atoms. The minimum atomic E-state index is -3.21. The summed E-state index contributed by atoms with van der Waals surface area (Å²) in [5.74, 6) is -0.787. The number of hydrogen-bond donors (Lipinski definition) is 2. The first-order valence-electron chi connectivity index (χ1n) is 5.61. The third-order valence-electron chi connectivity index (χ3n) is 3.20. The molecule has 1 aromatic carbocycles. The highest BCUT2D eigenvalue weighted by Crippen LogP contribution is 2.48. The Kier molecular flexibility index (Phi) is 3.16. The Balaban J connectivity index is 2.09. The van der Waals surface area contributed by atoms with E-state index in [9.17, 15) is 13.2 Å². The normalized spacial score (nSPS) is 17.4. The fourth-order valence-electron chi connectivity index (χ4n) is 1.91. The summed E-state index contributed by atoms with van der Waals surface area (Å²) in [6.45, 7) is 0.221. The van der Waals surface area contributed by atoms with Crippen molar-refractivity contribution in [2.75, 3.05) is 6.26 Å². The van der Waals surface area contributed by atoms with Crippen molar-refractivity contribution >= 4 is 16.0 Å². The maximum atomic E-state index is 11.1. The first-order valence-corrected chi connectivity index (χ1v) is 7.50. The molecule has 1 aliphatic rings. The van der Waals surface area contributed by atoms with Gasteiger partial charge in [-0.2, -0.15) is 0 Å². The average molecular weight is 269 g/mol. The molecular formula is C12H15NO4S. The first kappa shape index (κ1) is 13.0. The molecule has 2 N–H and O–H groups in total. The molecule has 0 amide bonds. The maximum Gasteiger partial charge on any atom is 0.314 e. The van der Waals surface area contributed by atoms with Gasteiger partial charge in [0, 0.05) is 6.54 Å². The van der Waals surface area contributed by atoms with E-state index in [0.29, 0.717) is 12.8 Å². The summed E-state index contributed by atoms with van der Waals surface area (Å²) in [5.41, 5.74) is 0.895. The maximum absolute atomic E-state index is 11.1. The molecule has 5 nitrogen and oxygen atoms in total. The van der Waals surface area contributed by atoms with E-state index in [4.69, 9.17) is 5.11 Å². The van der Waals surface area contributed by atoms with Gasteiger partial charge in [0.1, 0.15) is 0 Å². The van der Waals surface area contributed by atoms with E-state index in [0.717, 1.165) is 17.4 Å². The van der Waals surface area contributed by atoms with Gasteiger partial charge in [0.05, 0.1) is 11.7 Å². The number of carboxylic acids is 1. The van der Waals surface area contributed by atoms with Crippen LogP contribution >= 0.6 is 0 Å². The molecule has 0 atom stereocenters. The minimum absolute atomic E-state index is 0.221. The number of sulfonamides is 1. The number of carbonyl (C=O) groups is 1. The van der Waals surface area contributed by atoms with Crippen molar-refractivity contribution < 1.29 is 18.3 Å². The van der Waals surface area contributed by atoms with Gasteiger partial charge < -0.3 is 5.11 Å². The topological polar surface area (TPSA) is 83.5 Å². The highest BCUT2D eigenvalue weighted by Gasteiger charge is 2.51. The van der Waals surface area contributed by atoms with Gasteiger partial charge in [0.15, 0.2) is 0 Å². The smallest absolute Gasteiger partial charge is 0.314 e. The van der Waals surface area contributed by atoms with E-state index in [-0.39, 0.29) is 6.54 Å². The Morgan fingerprint density at radius 1 is 1.33 bits per heavy atom. The van der Waals surface area contributed by atoms with Crippen LogP contribution in [0.3, 0.4) is 0 Å². The average Bonchev–Trinajstić information content (AvgIpc) is 3.07. The van der Waals surface area contributed by atoms with Gasteiger partial charge in [-0.25, -0.2) is 13.1 Å². The largest absolute Gasteiger partial charge is 0.481 e. The van der Waals surface area contributed by atoms with Crippen molar-refractivity contribution in [2.24, 2.45) is 0 Å². The fourth-order valence-corrected chi connectivity index (χ4v) is 2.34. The van der Waals surface area contributed by atoms with Crippen LogP contribution in [0.15, 0.2) is 24.3 Å². The molecule has 98 valence electrons. The lowest BCUT2D eigenvalue weighted by Gasteiger charge is -2.10. The van der Waals surface area contributed by atoms with E-state index in [1.54, 1.807) is 24.3 Å². The summed E-state index contributed by atoms with van der Waals surface area (Å²) in [5, 5.41) is 9.14. The number of aliphatic carboxylic acids is 1. The number of nitrogens with one attached hydrogen (secondary N) is 1. The van der Waals surface area contributed by atoms with Crippen molar-refractivity contribution in [2.45, 2.75) is 24.8 Å². The molecule has 0 saturated heterocycles. The first-order chi connectivity index (χ1) is 8.33. The second kappa shape index (κ2) is 4.37. The fraction of sp³-hybridized carbons (Fsp3) is 0.417. The molecule has 18 heavy (non-hydrogen) atoms. The molecule has 0 aliphatic heterocycles. The van der Waals surface area contributed by atoms with Crippen LogP contribution in [0.5, 0.6) is 0 Å². The molecule has 1 aliphatic carbocycles. The lowest BCUT2D eigenvalue weighted by Crippen LogP contribution is -2.22. The van der Waals surface area contributed by atoms with Gasteiger partial charge >= 0.3 is 5.97 Å². The summed E-state index contributed by atoms with van der Waals surface area (Å²) in [7, 11) is -3.21. The molecule has 0 radical (unpaired) electrons. The minimum Gasteiger partial charge on any atom is -0.481 e. The Morgan fingerprint density at radius 3 is 2.28 bits per heavy atom. The summed E-state index contributed by atoms with van der Waals surface area (Å²) < 4.78 is 24.3. The van der Waals surface area contributed by atoms with Gasteiger partial charge in [-0.3, -0.25) is 4.79 Å². The molecule has 0 unspecified atom stereocenters. The van der Waals surface area contributed by atoms with Gasteiger partial charge in [0.2, 0.25) is 10.0 Å². The van der Waals surface area contributed by atoms with Crippen LogP contribution in [0.2, 0.25) is 0 Å². The molecule has 1 aromatic rings. The van der Waals surface area contributed by atoms with Gasteiger partial charge in [-0.1, -0.05) is 24.3 Å². The van der Waals surface area contributed by atoms with Crippen molar-refractivity contribution in [1.82, 2.24) is 4.72 Å². The summed E-state index contributed by atoms with van der Waals surface area (Å²) in [4.78, 5) is 11.1.